The molecule has 5 nitrogen and oxygen atoms in total. The van der Waals surface area contributed by atoms with E-state index < -0.39 is 0 Å². The number of ether oxygens (including phenoxy) is 1. The zero-order valence-corrected chi connectivity index (χ0v) is 15.2. The van der Waals surface area contributed by atoms with Crippen molar-refractivity contribution in [3.8, 4) is 5.75 Å². The molecule has 0 fully saturated rings. The Morgan fingerprint density at radius 1 is 0.962 bits per heavy atom. The van der Waals surface area contributed by atoms with Crippen molar-refractivity contribution in [3.63, 3.8) is 0 Å². The van der Waals surface area contributed by atoms with Crippen molar-refractivity contribution in [2.24, 2.45) is 0 Å². The first-order valence-corrected chi connectivity index (χ1v) is 8.86. The van der Waals surface area contributed by atoms with Crippen molar-refractivity contribution in [2.45, 2.75) is 26.9 Å². The van der Waals surface area contributed by atoms with Gasteiger partial charge < -0.3 is 15.4 Å². The second kappa shape index (κ2) is 8.85. The second-order valence-electron chi connectivity index (χ2n) is 6.07. The predicted molar refractivity (Wildman–Crippen MR) is 106 cm³/mol. The maximum absolute atomic E-state index is 5.82. The maximum Gasteiger partial charge on any atom is 0.224 e. The van der Waals surface area contributed by atoms with Crippen LogP contribution in [-0.4, -0.2) is 16.5 Å². The smallest absolute Gasteiger partial charge is 0.224 e. The lowest BCUT2D eigenvalue weighted by Gasteiger charge is -2.11. The highest BCUT2D eigenvalue weighted by molar-refractivity contribution is 5.58. The molecule has 3 rings (SSSR count). The van der Waals surface area contributed by atoms with Gasteiger partial charge in [0.15, 0.2) is 0 Å². The molecule has 134 valence electrons. The average Bonchev–Trinajstić information content (AvgIpc) is 2.66. The quantitative estimate of drug-likeness (QED) is 0.604. The standard InChI is InChI=1S/C21H24N4O/c1-3-13-22-21-23-16(2)14-20(25-21)24-18-9-11-19(12-10-18)26-15-17-7-5-4-6-8-17/h4-12,14H,3,13,15H2,1-2H3,(H2,22,23,24,25). The van der Waals surface area contributed by atoms with Gasteiger partial charge in [0.2, 0.25) is 5.95 Å². The number of rotatable bonds is 8. The fraction of sp³-hybridized carbons (Fsp3) is 0.238. The molecular formula is C21H24N4O. The Labute approximate surface area is 154 Å². The van der Waals surface area contributed by atoms with Crippen LogP contribution in [0, 0.1) is 6.92 Å². The summed E-state index contributed by atoms with van der Waals surface area (Å²) >= 11 is 0. The Morgan fingerprint density at radius 3 is 2.46 bits per heavy atom. The zero-order chi connectivity index (χ0) is 18.2. The van der Waals surface area contributed by atoms with Gasteiger partial charge in [0.1, 0.15) is 18.2 Å². The van der Waals surface area contributed by atoms with Crippen LogP contribution >= 0.6 is 0 Å². The summed E-state index contributed by atoms with van der Waals surface area (Å²) in [4.78, 5) is 8.90. The van der Waals surface area contributed by atoms with Crippen molar-refractivity contribution >= 4 is 17.5 Å². The molecule has 0 saturated heterocycles. The number of nitrogens with one attached hydrogen (secondary N) is 2. The molecule has 3 aromatic rings. The molecule has 0 unspecified atom stereocenters. The molecule has 0 atom stereocenters. The third-order valence-corrected chi connectivity index (χ3v) is 3.76. The third-order valence-electron chi connectivity index (χ3n) is 3.76. The summed E-state index contributed by atoms with van der Waals surface area (Å²) in [5, 5.41) is 6.54. The maximum atomic E-state index is 5.82. The highest BCUT2D eigenvalue weighted by atomic mass is 16.5. The van der Waals surface area contributed by atoms with Crippen molar-refractivity contribution < 1.29 is 4.74 Å². The topological polar surface area (TPSA) is 59.1 Å². The molecule has 0 saturated carbocycles. The highest BCUT2D eigenvalue weighted by Gasteiger charge is 2.03. The molecule has 0 aliphatic carbocycles. The second-order valence-corrected chi connectivity index (χ2v) is 6.07. The van der Waals surface area contributed by atoms with E-state index >= 15 is 0 Å². The average molecular weight is 348 g/mol. The van der Waals surface area contributed by atoms with E-state index in [4.69, 9.17) is 4.74 Å². The Kier molecular flexibility index (Phi) is 6.04. The minimum absolute atomic E-state index is 0.561. The molecule has 1 aromatic heterocycles. The summed E-state index contributed by atoms with van der Waals surface area (Å²) in [6.45, 7) is 5.50. The van der Waals surface area contributed by atoms with Crippen LogP contribution in [0.1, 0.15) is 24.6 Å². The fourth-order valence-electron chi connectivity index (χ4n) is 2.47. The lowest BCUT2D eigenvalue weighted by atomic mass is 10.2. The number of benzene rings is 2. The number of aryl methyl sites for hydroxylation is 1. The summed E-state index contributed by atoms with van der Waals surface area (Å²) in [6.07, 6.45) is 1.03. The number of aromatic nitrogens is 2. The van der Waals surface area contributed by atoms with Gasteiger partial charge in [-0.05, 0) is 43.2 Å². The SMILES string of the molecule is CCCNc1nc(C)cc(Nc2ccc(OCc3ccccc3)cc2)n1. The van der Waals surface area contributed by atoms with Crippen LogP contribution in [0.25, 0.3) is 0 Å². The summed E-state index contributed by atoms with van der Waals surface area (Å²) < 4.78 is 5.82. The first-order valence-electron chi connectivity index (χ1n) is 8.86. The van der Waals surface area contributed by atoms with Gasteiger partial charge in [-0.25, -0.2) is 4.98 Å². The van der Waals surface area contributed by atoms with Crippen LogP contribution in [0.2, 0.25) is 0 Å². The Morgan fingerprint density at radius 2 is 1.73 bits per heavy atom. The minimum Gasteiger partial charge on any atom is -0.489 e. The lowest BCUT2D eigenvalue weighted by Crippen LogP contribution is -2.06. The third kappa shape index (κ3) is 5.21. The van der Waals surface area contributed by atoms with Crippen LogP contribution in [0.3, 0.4) is 0 Å². The molecule has 26 heavy (non-hydrogen) atoms. The molecule has 5 heteroatoms. The molecular weight excluding hydrogens is 324 g/mol. The van der Waals surface area contributed by atoms with Crippen molar-refractivity contribution in [3.05, 3.63) is 71.9 Å². The Bertz CT molecular complexity index is 819. The summed E-state index contributed by atoms with van der Waals surface area (Å²) in [5.41, 5.74) is 3.03. The Balaban J connectivity index is 1.61. The van der Waals surface area contributed by atoms with Gasteiger partial charge in [-0.15, -0.1) is 0 Å². The number of hydrogen-bond acceptors (Lipinski definition) is 5. The summed E-state index contributed by atoms with van der Waals surface area (Å²) in [5.74, 6) is 2.26. The molecule has 0 amide bonds. The Hall–Kier alpha value is -3.08. The summed E-state index contributed by atoms with van der Waals surface area (Å²) in [6, 6.07) is 19.9. The van der Waals surface area contributed by atoms with E-state index in [-0.39, 0.29) is 0 Å². The molecule has 1 heterocycles. The van der Waals surface area contributed by atoms with Gasteiger partial charge in [-0.2, -0.15) is 4.98 Å². The van der Waals surface area contributed by atoms with E-state index in [9.17, 15) is 0 Å². The monoisotopic (exact) mass is 348 g/mol. The van der Waals surface area contributed by atoms with Crippen molar-refractivity contribution in [1.82, 2.24) is 9.97 Å². The minimum atomic E-state index is 0.561. The van der Waals surface area contributed by atoms with Crippen LogP contribution in [-0.2, 0) is 6.61 Å². The molecule has 0 aliphatic rings. The summed E-state index contributed by atoms with van der Waals surface area (Å²) in [7, 11) is 0. The van der Waals surface area contributed by atoms with Gasteiger partial charge in [-0.3, -0.25) is 0 Å². The van der Waals surface area contributed by atoms with E-state index in [1.165, 1.54) is 0 Å². The van der Waals surface area contributed by atoms with Crippen LogP contribution in [0.4, 0.5) is 17.5 Å². The van der Waals surface area contributed by atoms with E-state index in [0.29, 0.717) is 12.6 Å². The predicted octanol–water partition coefficient (Wildman–Crippen LogP) is 4.93. The van der Waals surface area contributed by atoms with E-state index in [1.807, 2.05) is 55.5 Å². The number of nitrogens with zero attached hydrogens (tertiary/aromatic N) is 2. The van der Waals surface area contributed by atoms with Crippen LogP contribution in [0.15, 0.2) is 60.7 Å². The normalized spacial score (nSPS) is 10.4. The van der Waals surface area contributed by atoms with Crippen LogP contribution in [0.5, 0.6) is 5.75 Å². The molecule has 2 N–H and O–H groups in total. The van der Waals surface area contributed by atoms with E-state index in [2.05, 4.69) is 39.7 Å². The van der Waals surface area contributed by atoms with E-state index in [1.54, 1.807) is 0 Å². The van der Waals surface area contributed by atoms with Gasteiger partial charge >= 0.3 is 0 Å². The molecule has 0 radical (unpaired) electrons. The zero-order valence-electron chi connectivity index (χ0n) is 15.2. The highest BCUT2D eigenvalue weighted by Crippen LogP contribution is 2.21. The number of hydrogen-bond donors (Lipinski definition) is 2. The van der Waals surface area contributed by atoms with Crippen molar-refractivity contribution in [1.29, 1.82) is 0 Å². The van der Waals surface area contributed by atoms with E-state index in [0.717, 1.165) is 41.5 Å². The molecule has 0 bridgehead atoms. The van der Waals surface area contributed by atoms with Gasteiger partial charge in [-0.1, -0.05) is 37.3 Å². The van der Waals surface area contributed by atoms with Gasteiger partial charge in [0.05, 0.1) is 0 Å². The van der Waals surface area contributed by atoms with Crippen molar-refractivity contribution in [2.75, 3.05) is 17.2 Å². The lowest BCUT2D eigenvalue weighted by molar-refractivity contribution is 0.306. The first kappa shape index (κ1) is 17.7. The first-order chi connectivity index (χ1) is 12.7. The van der Waals surface area contributed by atoms with Gasteiger partial charge in [0.25, 0.3) is 0 Å². The molecule has 0 spiro atoms. The van der Waals surface area contributed by atoms with Crippen LogP contribution < -0.4 is 15.4 Å². The fourth-order valence-corrected chi connectivity index (χ4v) is 2.47. The van der Waals surface area contributed by atoms with Gasteiger partial charge in [0, 0.05) is 24.0 Å². The molecule has 2 aromatic carbocycles. The number of anilines is 3. The largest absolute Gasteiger partial charge is 0.489 e. The molecule has 0 aliphatic heterocycles.